The molecular weight excluding hydrogens is 498 g/mol. The number of ether oxygens (including phenoxy) is 1. The van der Waals surface area contributed by atoms with Crippen LogP contribution in [0, 0.1) is 12.8 Å². The maximum Gasteiger partial charge on any atom is 0.330 e. The van der Waals surface area contributed by atoms with E-state index >= 15 is 0 Å². The molecule has 0 N–H and O–H groups in total. The highest BCUT2D eigenvalue weighted by Gasteiger charge is 2.24. The molecule has 1 saturated carbocycles. The summed E-state index contributed by atoms with van der Waals surface area (Å²) >= 11 is 6.19. The third-order valence-corrected chi connectivity index (χ3v) is 7.99. The van der Waals surface area contributed by atoms with Crippen molar-refractivity contribution < 1.29 is 4.74 Å². The van der Waals surface area contributed by atoms with Crippen LogP contribution in [0.2, 0.25) is 5.02 Å². The molecule has 6 nitrogen and oxygen atoms in total. The summed E-state index contributed by atoms with van der Waals surface area (Å²) in [5.74, 6) is 1.51. The van der Waals surface area contributed by atoms with Crippen molar-refractivity contribution in [2.45, 2.75) is 71.5 Å². The number of benzene rings is 2. The molecule has 0 amide bonds. The molecule has 38 heavy (non-hydrogen) atoms. The molecule has 0 radical (unpaired) electrons. The van der Waals surface area contributed by atoms with E-state index in [1.807, 2.05) is 18.2 Å². The summed E-state index contributed by atoms with van der Waals surface area (Å²) in [6, 6.07) is 16.4. The van der Waals surface area contributed by atoms with Crippen LogP contribution in [-0.2, 0) is 20.1 Å². The summed E-state index contributed by atoms with van der Waals surface area (Å²) in [4.78, 5) is 27.0. The molecule has 0 bridgehead atoms. The van der Waals surface area contributed by atoms with E-state index in [0.29, 0.717) is 6.04 Å². The summed E-state index contributed by atoms with van der Waals surface area (Å²) in [5.41, 5.74) is 2.97. The lowest BCUT2D eigenvalue weighted by atomic mass is 9.88. The summed E-state index contributed by atoms with van der Waals surface area (Å²) in [7, 11) is 1.63. The van der Waals surface area contributed by atoms with Gasteiger partial charge in [0.05, 0.1) is 6.54 Å². The Kier molecular flexibility index (Phi) is 9.86. The Labute approximate surface area is 230 Å². The van der Waals surface area contributed by atoms with Crippen LogP contribution in [0.1, 0.15) is 68.2 Å². The van der Waals surface area contributed by atoms with E-state index in [9.17, 15) is 9.59 Å². The van der Waals surface area contributed by atoms with Gasteiger partial charge in [-0.15, -0.1) is 0 Å². The van der Waals surface area contributed by atoms with Gasteiger partial charge in [0, 0.05) is 43.5 Å². The van der Waals surface area contributed by atoms with Crippen molar-refractivity contribution in [1.82, 2.24) is 14.0 Å². The van der Waals surface area contributed by atoms with Crippen LogP contribution in [0.15, 0.2) is 64.3 Å². The fraction of sp³-hybridized carbons (Fsp3) is 0.484. The predicted molar refractivity (Wildman–Crippen MR) is 154 cm³/mol. The van der Waals surface area contributed by atoms with E-state index in [1.54, 1.807) is 7.05 Å². The third-order valence-electron chi connectivity index (χ3n) is 7.74. The molecule has 7 heteroatoms. The first-order chi connectivity index (χ1) is 18.4. The maximum absolute atomic E-state index is 12.2. The van der Waals surface area contributed by atoms with Crippen LogP contribution in [0.5, 0.6) is 5.75 Å². The van der Waals surface area contributed by atoms with E-state index in [0.717, 1.165) is 41.8 Å². The maximum atomic E-state index is 12.2. The van der Waals surface area contributed by atoms with Crippen LogP contribution in [0.4, 0.5) is 0 Å². The second kappa shape index (κ2) is 13.3. The molecule has 0 spiro atoms. The Bertz CT molecular complexity index is 1310. The smallest absolute Gasteiger partial charge is 0.330 e. The van der Waals surface area contributed by atoms with Crippen molar-refractivity contribution in [1.29, 1.82) is 0 Å². The molecule has 1 aliphatic rings. The van der Waals surface area contributed by atoms with E-state index < -0.39 is 0 Å². The zero-order valence-electron chi connectivity index (χ0n) is 22.9. The molecule has 0 aliphatic heterocycles. The number of rotatable bonds is 11. The van der Waals surface area contributed by atoms with Gasteiger partial charge in [0.2, 0.25) is 0 Å². The summed E-state index contributed by atoms with van der Waals surface area (Å²) in [5, 5.41) is 0.770. The van der Waals surface area contributed by atoms with Crippen molar-refractivity contribution in [2.24, 2.45) is 13.0 Å². The van der Waals surface area contributed by atoms with Crippen LogP contribution in [-0.4, -0.2) is 27.2 Å². The number of aryl methyl sites for hydroxylation is 2. The lowest BCUT2D eigenvalue weighted by Crippen LogP contribution is -2.39. The van der Waals surface area contributed by atoms with Crippen molar-refractivity contribution >= 4 is 11.6 Å². The fourth-order valence-corrected chi connectivity index (χ4v) is 5.79. The van der Waals surface area contributed by atoms with Crippen LogP contribution in [0.25, 0.3) is 0 Å². The van der Waals surface area contributed by atoms with Gasteiger partial charge in [-0.3, -0.25) is 14.3 Å². The molecule has 1 atom stereocenters. The van der Waals surface area contributed by atoms with Crippen LogP contribution < -0.4 is 16.0 Å². The van der Waals surface area contributed by atoms with Gasteiger partial charge in [-0.2, -0.15) is 0 Å². The van der Waals surface area contributed by atoms with Gasteiger partial charge < -0.3 is 9.30 Å². The zero-order chi connectivity index (χ0) is 27.1. The van der Waals surface area contributed by atoms with Gasteiger partial charge in [0.25, 0.3) is 5.56 Å². The van der Waals surface area contributed by atoms with Crippen LogP contribution in [0.3, 0.4) is 0 Å². The highest BCUT2D eigenvalue weighted by molar-refractivity contribution is 6.30. The molecule has 1 unspecified atom stereocenters. The zero-order valence-corrected chi connectivity index (χ0v) is 23.6. The second-order valence-electron chi connectivity index (χ2n) is 10.6. The Balaban J connectivity index is 1.47. The molecule has 2 aromatic carbocycles. The van der Waals surface area contributed by atoms with Crippen molar-refractivity contribution in [2.75, 3.05) is 13.2 Å². The lowest BCUT2D eigenvalue weighted by molar-refractivity contribution is 0.137. The minimum atomic E-state index is -0.336. The fourth-order valence-electron chi connectivity index (χ4n) is 5.67. The first-order valence-electron chi connectivity index (χ1n) is 13.8. The SMILES string of the molecule is CCC(c1ccc(Cl)cc1)N(Cc1ccc(OCCn2c(=O)ccn(C)c2=O)c(C)c1)CC1CCCCC1. The largest absolute Gasteiger partial charge is 0.491 e. The van der Waals surface area contributed by atoms with E-state index in [4.69, 9.17) is 16.3 Å². The Morgan fingerprint density at radius 1 is 1.05 bits per heavy atom. The standard InChI is InChI=1S/C31H40ClN3O3/c1-4-28(26-11-13-27(32)14-12-26)34(21-24-8-6-5-7-9-24)22-25-10-15-29(23(2)20-25)38-19-18-35-30(36)16-17-33(3)31(35)37/h10-17,20,24,28H,4-9,18-19,21-22H2,1-3H3. The molecule has 4 rings (SSSR count). The summed E-state index contributed by atoms with van der Waals surface area (Å²) in [6.07, 6.45) is 9.18. The predicted octanol–water partition coefficient (Wildman–Crippen LogP) is 6.12. The van der Waals surface area contributed by atoms with E-state index in [-0.39, 0.29) is 24.4 Å². The monoisotopic (exact) mass is 537 g/mol. The Morgan fingerprint density at radius 3 is 2.47 bits per heavy atom. The van der Waals surface area contributed by atoms with Gasteiger partial charge in [-0.05, 0) is 67.0 Å². The molecule has 1 heterocycles. The molecule has 1 aliphatic carbocycles. The van der Waals surface area contributed by atoms with E-state index in [1.165, 1.54) is 64.6 Å². The molecule has 204 valence electrons. The minimum Gasteiger partial charge on any atom is -0.491 e. The Hall–Kier alpha value is -2.83. The first-order valence-corrected chi connectivity index (χ1v) is 14.2. The van der Waals surface area contributed by atoms with Gasteiger partial charge >= 0.3 is 5.69 Å². The minimum absolute atomic E-state index is 0.210. The van der Waals surface area contributed by atoms with Gasteiger partial charge in [0.1, 0.15) is 12.4 Å². The first kappa shape index (κ1) is 28.2. The van der Waals surface area contributed by atoms with Crippen molar-refractivity contribution in [3.63, 3.8) is 0 Å². The number of halogens is 1. The highest BCUT2D eigenvalue weighted by Crippen LogP contribution is 2.32. The molecule has 0 saturated heterocycles. The van der Waals surface area contributed by atoms with Gasteiger partial charge in [-0.25, -0.2) is 4.79 Å². The quantitative estimate of drug-likeness (QED) is 0.295. The normalized spacial score (nSPS) is 15.1. The second-order valence-corrected chi connectivity index (χ2v) is 11.0. The van der Waals surface area contributed by atoms with Crippen molar-refractivity contribution in [3.8, 4) is 5.75 Å². The Morgan fingerprint density at radius 2 is 1.79 bits per heavy atom. The molecule has 1 aromatic heterocycles. The number of nitrogens with zero attached hydrogens (tertiary/aromatic N) is 3. The third kappa shape index (κ3) is 7.17. The average Bonchev–Trinajstić information content (AvgIpc) is 2.91. The van der Waals surface area contributed by atoms with Crippen molar-refractivity contribution in [3.05, 3.63) is 97.3 Å². The summed E-state index contributed by atoms with van der Waals surface area (Å²) < 4.78 is 8.59. The summed E-state index contributed by atoms with van der Waals surface area (Å²) in [6.45, 7) is 6.74. The van der Waals surface area contributed by atoms with E-state index in [2.05, 4.69) is 43.0 Å². The molecule has 1 fully saturated rings. The number of aromatic nitrogens is 2. The number of hydrogen-bond donors (Lipinski definition) is 0. The molecule has 3 aromatic rings. The van der Waals surface area contributed by atoms with Gasteiger partial charge in [0.15, 0.2) is 0 Å². The lowest BCUT2D eigenvalue weighted by Gasteiger charge is -2.36. The topological polar surface area (TPSA) is 56.5 Å². The van der Waals surface area contributed by atoms with Gasteiger partial charge in [-0.1, -0.05) is 62.1 Å². The molecular formula is C31H40ClN3O3. The number of hydrogen-bond acceptors (Lipinski definition) is 4. The highest BCUT2D eigenvalue weighted by atomic mass is 35.5. The van der Waals surface area contributed by atoms with Crippen LogP contribution >= 0.6 is 11.6 Å². The average molecular weight is 538 g/mol.